The number of benzene rings is 1. The summed E-state index contributed by atoms with van der Waals surface area (Å²) in [6, 6.07) is 5.96. The second-order valence-corrected chi connectivity index (χ2v) is 3.40. The van der Waals surface area contributed by atoms with Crippen LogP contribution in [0.2, 0.25) is 0 Å². The van der Waals surface area contributed by atoms with Gasteiger partial charge in [0.1, 0.15) is 5.75 Å². The van der Waals surface area contributed by atoms with Crippen LogP contribution < -0.4 is 4.74 Å². The van der Waals surface area contributed by atoms with Crippen molar-refractivity contribution in [2.24, 2.45) is 0 Å². The van der Waals surface area contributed by atoms with Crippen molar-refractivity contribution in [1.29, 1.82) is 0 Å². The van der Waals surface area contributed by atoms with Crippen molar-refractivity contribution < 1.29 is 14.3 Å². The fourth-order valence-electron chi connectivity index (χ4n) is 1.37. The Labute approximate surface area is 90.0 Å². The van der Waals surface area contributed by atoms with Gasteiger partial charge in [-0.1, -0.05) is 18.2 Å². The van der Waals surface area contributed by atoms with Gasteiger partial charge in [0.15, 0.2) is 0 Å². The highest BCUT2D eigenvalue weighted by Gasteiger charge is 2.05. The summed E-state index contributed by atoms with van der Waals surface area (Å²) >= 11 is 0. The van der Waals surface area contributed by atoms with Crippen LogP contribution in [-0.4, -0.2) is 19.7 Å². The van der Waals surface area contributed by atoms with Gasteiger partial charge in [0.2, 0.25) is 0 Å². The van der Waals surface area contributed by atoms with Crippen LogP contribution >= 0.6 is 0 Å². The lowest BCUT2D eigenvalue weighted by atomic mass is 10.1. The van der Waals surface area contributed by atoms with Gasteiger partial charge in [-0.05, 0) is 25.0 Å². The topological polar surface area (TPSA) is 35.5 Å². The number of methoxy groups -OCH3 is 1. The molecule has 0 saturated carbocycles. The molecule has 0 fully saturated rings. The van der Waals surface area contributed by atoms with Crippen LogP contribution in [0.1, 0.15) is 17.5 Å². The van der Waals surface area contributed by atoms with Crippen LogP contribution in [0.5, 0.6) is 5.75 Å². The van der Waals surface area contributed by atoms with E-state index in [1.165, 1.54) is 7.11 Å². The molecule has 0 saturated heterocycles. The van der Waals surface area contributed by atoms with Crippen LogP contribution in [0.25, 0.3) is 0 Å². The third-order valence-electron chi connectivity index (χ3n) is 2.19. The number of ether oxygens (including phenoxy) is 2. The van der Waals surface area contributed by atoms with Gasteiger partial charge in [0, 0.05) is 0 Å². The molecule has 0 bridgehead atoms. The van der Waals surface area contributed by atoms with Crippen molar-refractivity contribution in [3.05, 3.63) is 29.3 Å². The quantitative estimate of drug-likeness (QED) is 0.712. The normalized spacial score (nSPS) is 9.80. The zero-order chi connectivity index (χ0) is 11.3. The van der Waals surface area contributed by atoms with Gasteiger partial charge in [-0.2, -0.15) is 0 Å². The zero-order valence-electron chi connectivity index (χ0n) is 9.37. The number of para-hydroxylation sites is 1. The molecular weight excluding hydrogens is 192 g/mol. The van der Waals surface area contributed by atoms with Crippen molar-refractivity contribution in [2.45, 2.75) is 20.3 Å². The number of hydrogen-bond donors (Lipinski definition) is 0. The lowest BCUT2D eigenvalue weighted by Crippen LogP contribution is -2.08. The van der Waals surface area contributed by atoms with E-state index in [1.54, 1.807) is 0 Å². The first kappa shape index (κ1) is 11.6. The van der Waals surface area contributed by atoms with Crippen LogP contribution in [0.4, 0.5) is 0 Å². The van der Waals surface area contributed by atoms with E-state index in [4.69, 9.17) is 4.74 Å². The third-order valence-corrected chi connectivity index (χ3v) is 2.19. The number of esters is 1. The molecule has 0 unspecified atom stereocenters. The SMILES string of the molecule is COC(=O)CCOc1c(C)cccc1C. The Morgan fingerprint density at radius 3 is 2.40 bits per heavy atom. The molecule has 0 atom stereocenters. The maximum absolute atomic E-state index is 10.9. The zero-order valence-corrected chi connectivity index (χ0v) is 9.37. The first-order valence-electron chi connectivity index (χ1n) is 4.91. The summed E-state index contributed by atoms with van der Waals surface area (Å²) in [5.74, 6) is 0.614. The number of carbonyl (C=O) groups excluding carboxylic acids is 1. The largest absolute Gasteiger partial charge is 0.492 e. The summed E-state index contributed by atoms with van der Waals surface area (Å²) in [4.78, 5) is 10.9. The van der Waals surface area contributed by atoms with E-state index in [-0.39, 0.29) is 12.4 Å². The van der Waals surface area contributed by atoms with Gasteiger partial charge in [0.05, 0.1) is 20.1 Å². The first-order chi connectivity index (χ1) is 7.15. The second-order valence-electron chi connectivity index (χ2n) is 3.40. The standard InChI is InChI=1S/C12H16O3/c1-9-5-4-6-10(2)12(9)15-8-7-11(13)14-3/h4-6H,7-8H2,1-3H3. The average molecular weight is 208 g/mol. The molecule has 3 nitrogen and oxygen atoms in total. The Hall–Kier alpha value is -1.51. The Morgan fingerprint density at radius 2 is 1.87 bits per heavy atom. The van der Waals surface area contributed by atoms with Gasteiger partial charge in [-0.15, -0.1) is 0 Å². The Balaban J connectivity index is 2.54. The minimum atomic E-state index is -0.249. The van der Waals surface area contributed by atoms with Gasteiger partial charge < -0.3 is 9.47 Å². The van der Waals surface area contributed by atoms with Crippen molar-refractivity contribution in [3.63, 3.8) is 0 Å². The van der Waals surface area contributed by atoms with Gasteiger partial charge in [-0.25, -0.2) is 0 Å². The van der Waals surface area contributed by atoms with Crippen LogP contribution in [0, 0.1) is 13.8 Å². The first-order valence-corrected chi connectivity index (χ1v) is 4.91. The van der Waals surface area contributed by atoms with E-state index in [1.807, 2.05) is 32.0 Å². The highest BCUT2D eigenvalue weighted by atomic mass is 16.5. The number of rotatable bonds is 4. The monoisotopic (exact) mass is 208 g/mol. The molecule has 0 aliphatic heterocycles. The molecule has 0 amide bonds. The molecule has 0 aliphatic rings. The summed E-state index contributed by atoms with van der Waals surface area (Å²) in [5, 5.41) is 0. The molecule has 0 aliphatic carbocycles. The maximum Gasteiger partial charge on any atom is 0.308 e. The van der Waals surface area contributed by atoms with Crippen LogP contribution in [0.15, 0.2) is 18.2 Å². The van der Waals surface area contributed by atoms with E-state index in [0.29, 0.717) is 6.61 Å². The molecule has 0 heterocycles. The summed E-state index contributed by atoms with van der Waals surface area (Å²) in [6.45, 7) is 4.33. The molecule has 0 radical (unpaired) electrons. The summed E-state index contributed by atoms with van der Waals surface area (Å²) in [5.41, 5.74) is 2.17. The van der Waals surface area contributed by atoms with Gasteiger partial charge >= 0.3 is 5.97 Å². The molecule has 15 heavy (non-hydrogen) atoms. The Bertz CT molecular complexity index is 324. The molecule has 0 spiro atoms. The van der Waals surface area contributed by atoms with Gasteiger partial charge in [0.25, 0.3) is 0 Å². The second kappa shape index (κ2) is 5.39. The highest BCUT2D eigenvalue weighted by molar-refractivity contribution is 5.69. The third kappa shape index (κ3) is 3.27. The number of carbonyl (C=O) groups is 1. The van der Waals surface area contributed by atoms with E-state index in [0.717, 1.165) is 16.9 Å². The molecule has 1 aromatic carbocycles. The predicted octanol–water partition coefficient (Wildman–Crippen LogP) is 2.25. The molecule has 3 heteroatoms. The Morgan fingerprint density at radius 1 is 1.27 bits per heavy atom. The predicted molar refractivity (Wildman–Crippen MR) is 58.0 cm³/mol. The average Bonchev–Trinajstić information content (AvgIpc) is 2.22. The summed E-state index contributed by atoms with van der Waals surface area (Å²) in [6.07, 6.45) is 0.282. The summed E-state index contributed by atoms with van der Waals surface area (Å²) < 4.78 is 10.1. The number of hydrogen-bond acceptors (Lipinski definition) is 3. The fraction of sp³-hybridized carbons (Fsp3) is 0.417. The van der Waals surface area contributed by atoms with Gasteiger partial charge in [-0.3, -0.25) is 4.79 Å². The van der Waals surface area contributed by atoms with Crippen LogP contribution in [0.3, 0.4) is 0 Å². The van der Waals surface area contributed by atoms with Crippen molar-refractivity contribution >= 4 is 5.97 Å². The molecule has 0 aromatic heterocycles. The van der Waals surface area contributed by atoms with Crippen molar-refractivity contribution in [3.8, 4) is 5.75 Å². The molecule has 82 valence electrons. The lowest BCUT2D eigenvalue weighted by Gasteiger charge is -2.10. The number of aryl methyl sites for hydroxylation is 2. The Kier molecular flexibility index (Phi) is 4.16. The minimum absolute atomic E-state index is 0.249. The van der Waals surface area contributed by atoms with Crippen molar-refractivity contribution in [1.82, 2.24) is 0 Å². The highest BCUT2D eigenvalue weighted by Crippen LogP contribution is 2.22. The molecular formula is C12H16O3. The molecule has 1 rings (SSSR count). The minimum Gasteiger partial charge on any atom is -0.492 e. The lowest BCUT2D eigenvalue weighted by molar-refractivity contribution is -0.141. The van der Waals surface area contributed by atoms with E-state index in [2.05, 4.69) is 4.74 Å². The molecule has 0 N–H and O–H groups in total. The van der Waals surface area contributed by atoms with Crippen molar-refractivity contribution in [2.75, 3.05) is 13.7 Å². The summed E-state index contributed by atoms with van der Waals surface area (Å²) in [7, 11) is 1.38. The smallest absolute Gasteiger partial charge is 0.308 e. The molecule has 1 aromatic rings. The van der Waals surface area contributed by atoms with E-state index in [9.17, 15) is 4.79 Å². The van der Waals surface area contributed by atoms with E-state index >= 15 is 0 Å². The fourth-order valence-corrected chi connectivity index (χ4v) is 1.37. The van der Waals surface area contributed by atoms with E-state index < -0.39 is 0 Å². The van der Waals surface area contributed by atoms with Crippen LogP contribution in [-0.2, 0) is 9.53 Å². The maximum atomic E-state index is 10.9.